The van der Waals surface area contributed by atoms with Gasteiger partial charge in [-0.2, -0.15) is 52.7 Å². The lowest BCUT2D eigenvalue weighted by Gasteiger charge is -2.50. The lowest BCUT2D eigenvalue weighted by atomic mass is 10.0. The Hall–Kier alpha value is -0.132. The van der Waals surface area contributed by atoms with Gasteiger partial charge in [0.05, 0.1) is 11.8 Å². The molecule has 1 aliphatic rings. The van der Waals surface area contributed by atoms with Crippen LogP contribution < -0.4 is 0 Å². The minimum Gasteiger partial charge on any atom is -0.416 e. The maximum atomic E-state index is 13.9. The van der Waals surface area contributed by atoms with Crippen LogP contribution in [0.4, 0.5) is 52.7 Å². The molecular weight excluding hydrogens is 621 g/mol. The first kappa shape index (κ1) is 35.9. The monoisotopic (exact) mass is 652 g/mol. The second-order valence-electron chi connectivity index (χ2n) is 10.7. The number of hydrogen-bond acceptors (Lipinski definition) is 4. The topological polar surface area (TPSA) is 36.9 Å². The van der Waals surface area contributed by atoms with E-state index in [1.165, 1.54) is 26.2 Å². The lowest BCUT2D eigenvalue weighted by molar-refractivity contribution is -0.188. The van der Waals surface area contributed by atoms with Gasteiger partial charge >= 0.3 is 58.9 Å². The molecule has 0 aromatic rings. The van der Waals surface area contributed by atoms with Crippen LogP contribution in [0.25, 0.3) is 0 Å². The molecule has 2 unspecified atom stereocenters. The number of hydrogen-bond donors (Lipinski definition) is 0. The molecule has 1 heterocycles. The van der Waals surface area contributed by atoms with Crippen LogP contribution in [0.15, 0.2) is 0 Å². The van der Waals surface area contributed by atoms with Crippen LogP contribution in [-0.4, -0.2) is 58.9 Å². The molecule has 1 aliphatic heterocycles. The zero-order valence-electron chi connectivity index (χ0n) is 21.6. The Balaban J connectivity index is 3.68. The van der Waals surface area contributed by atoms with Crippen molar-refractivity contribution in [2.24, 2.45) is 11.8 Å². The molecule has 228 valence electrons. The van der Waals surface area contributed by atoms with Crippen LogP contribution in [0.1, 0.15) is 25.7 Å². The second-order valence-corrected chi connectivity index (χ2v) is 25.0. The van der Waals surface area contributed by atoms with Crippen molar-refractivity contribution in [2.75, 3.05) is 0 Å². The van der Waals surface area contributed by atoms with Gasteiger partial charge in [0, 0.05) is 24.9 Å². The van der Waals surface area contributed by atoms with E-state index < -0.39 is 109 Å². The van der Waals surface area contributed by atoms with Crippen molar-refractivity contribution in [3.63, 3.8) is 0 Å². The summed E-state index contributed by atoms with van der Waals surface area (Å²) in [6.45, 7) is 8.36. The Morgan fingerprint density at radius 2 is 0.737 bits per heavy atom. The van der Waals surface area contributed by atoms with Gasteiger partial charge in [-0.1, -0.05) is 0 Å². The summed E-state index contributed by atoms with van der Waals surface area (Å²) in [4.78, 5) is 0. The smallest absolute Gasteiger partial charge is 0.391 e. The quantitative estimate of drug-likeness (QED) is 0.194. The molecule has 0 spiro atoms. The van der Waals surface area contributed by atoms with Crippen molar-refractivity contribution >= 4 is 34.2 Å². The Labute approximate surface area is 217 Å². The maximum Gasteiger partial charge on any atom is 0.391 e. The average Bonchev–Trinajstić information content (AvgIpc) is 2.54. The van der Waals surface area contributed by atoms with Crippen LogP contribution in [0.5, 0.6) is 0 Å². The standard InChI is InChI=1S/C18H32F12O4Si4/c1-35(2)31-36(3,4)33-38(34-37(5,6)32-35,11-13(17(25,26)27)7-9-15(19,20)21)12-14(18(28,29)30)8-10-16(22,23)24/h13-14H,7-12H2,1-6H3. The molecule has 20 heteroatoms. The van der Waals surface area contributed by atoms with Crippen molar-refractivity contribution < 1.29 is 69.1 Å². The fourth-order valence-corrected chi connectivity index (χ4v) is 27.3. The van der Waals surface area contributed by atoms with Gasteiger partial charge in [-0.15, -0.1) is 0 Å². The first-order valence-electron chi connectivity index (χ1n) is 11.5. The van der Waals surface area contributed by atoms with Gasteiger partial charge in [0.15, 0.2) is 0 Å². The third-order valence-corrected chi connectivity index (χ3v) is 22.4. The molecule has 0 radical (unpaired) electrons. The van der Waals surface area contributed by atoms with Crippen LogP contribution in [0, 0.1) is 11.8 Å². The Kier molecular flexibility index (Phi) is 11.0. The number of alkyl halides is 12. The summed E-state index contributed by atoms with van der Waals surface area (Å²) in [6, 6.07) is -2.76. The van der Waals surface area contributed by atoms with E-state index in [2.05, 4.69) is 0 Å². The molecule has 0 aliphatic carbocycles. The highest BCUT2D eigenvalue weighted by atomic mass is 28.5. The van der Waals surface area contributed by atoms with Crippen molar-refractivity contribution in [3.05, 3.63) is 0 Å². The van der Waals surface area contributed by atoms with E-state index in [1.54, 1.807) is 13.1 Å². The molecule has 0 aromatic carbocycles. The molecule has 0 bridgehead atoms. The van der Waals surface area contributed by atoms with Crippen LogP contribution in [-0.2, 0) is 16.5 Å². The molecule has 0 N–H and O–H groups in total. The summed E-state index contributed by atoms with van der Waals surface area (Å²) >= 11 is 0. The van der Waals surface area contributed by atoms with Crippen molar-refractivity contribution in [1.82, 2.24) is 0 Å². The third kappa shape index (κ3) is 13.0. The Bertz CT molecular complexity index is 719. The molecule has 0 amide bonds. The molecule has 1 fully saturated rings. The van der Waals surface area contributed by atoms with E-state index >= 15 is 0 Å². The van der Waals surface area contributed by atoms with Crippen LogP contribution >= 0.6 is 0 Å². The van der Waals surface area contributed by atoms with E-state index in [-0.39, 0.29) is 0 Å². The SMILES string of the molecule is C[Si]1(C)O[Si](C)(C)O[Si](CC(CCC(F)(F)F)C(F)(F)F)(CC(CCC(F)(F)F)C(F)(F)F)O[Si](C)(C)O1. The Morgan fingerprint density at radius 3 is 0.974 bits per heavy atom. The highest BCUT2D eigenvalue weighted by Gasteiger charge is 2.60. The van der Waals surface area contributed by atoms with Gasteiger partial charge in [-0.3, -0.25) is 0 Å². The molecule has 4 nitrogen and oxygen atoms in total. The van der Waals surface area contributed by atoms with Gasteiger partial charge in [0.2, 0.25) is 0 Å². The average molecular weight is 653 g/mol. The third-order valence-electron chi connectivity index (χ3n) is 5.44. The number of halogens is 12. The minimum atomic E-state index is -5.28. The molecule has 1 rings (SSSR count). The van der Waals surface area contributed by atoms with Crippen molar-refractivity contribution in [1.29, 1.82) is 0 Å². The fraction of sp³-hybridized carbons (Fsp3) is 1.00. The highest BCUT2D eigenvalue weighted by molar-refractivity contribution is 6.93. The van der Waals surface area contributed by atoms with Crippen LogP contribution in [0.3, 0.4) is 0 Å². The zero-order chi connectivity index (χ0) is 30.2. The predicted octanol–water partition coefficient (Wildman–Crippen LogP) is 8.66. The normalized spacial score (nSPS) is 23.8. The minimum absolute atomic E-state index is 1.31. The van der Waals surface area contributed by atoms with Crippen molar-refractivity contribution in [3.8, 4) is 0 Å². The highest BCUT2D eigenvalue weighted by Crippen LogP contribution is 2.47. The molecule has 38 heavy (non-hydrogen) atoms. The predicted molar refractivity (Wildman–Crippen MR) is 122 cm³/mol. The second kappa shape index (κ2) is 11.6. The first-order valence-corrected chi connectivity index (χ1v) is 22.2. The fourth-order valence-electron chi connectivity index (χ4n) is 4.60. The first-order chi connectivity index (χ1) is 16.5. The van der Waals surface area contributed by atoms with E-state index in [9.17, 15) is 52.7 Å². The van der Waals surface area contributed by atoms with Crippen molar-refractivity contribution in [2.45, 2.75) is 102 Å². The number of rotatable bonds is 8. The Morgan fingerprint density at radius 1 is 0.474 bits per heavy atom. The maximum absolute atomic E-state index is 13.9. The van der Waals surface area contributed by atoms with E-state index in [0.717, 1.165) is 0 Å². The summed E-state index contributed by atoms with van der Waals surface area (Å²) in [5.74, 6) is -5.57. The molecule has 1 saturated heterocycles. The summed E-state index contributed by atoms with van der Waals surface area (Å²) in [5.41, 5.74) is 0. The van der Waals surface area contributed by atoms with E-state index in [4.69, 9.17) is 16.5 Å². The van der Waals surface area contributed by atoms with Gasteiger partial charge in [0.1, 0.15) is 0 Å². The molecule has 0 aromatic heterocycles. The summed E-state index contributed by atoms with van der Waals surface area (Å²) in [5, 5.41) is 0. The molecule has 2 atom stereocenters. The zero-order valence-corrected chi connectivity index (χ0v) is 25.6. The van der Waals surface area contributed by atoms with Gasteiger partial charge < -0.3 is 16.5 Å². The lowest BCUT2D eigenvalue weighted by Crippen LogP contribution is -2.67. The molecular formula is C18H32F12O4Si4. The summed E-state index contributed by atoms with van der Waals surface area (Å²) in [6.07, 6.45) is -27.3. The molecule has 0 saturated carbocycles. The van der Waals surface area contributed by atoms with Gasteiger partial charge in [-0.25, -0.2) is 0 Å². The summed E-state index contributed by atoms with van der Waals surface area (Å²) < 4.78 is 184. The van der Waals surface area contributed by atoms with E-state index in [1.807, 2.05) is 0 Å². The largest absolute Gasteiger partial charge is 0.416 e. The van der Waals surface area contributed by atoms with E-state index in [0.29, 0.717) is 0 Å². The summed E-state index contributed by atoms with van der Waals surface area (Å²) in [7, 11) is -15.3. The van der Waals surface area contributed by atoms with Gasteiger partial charge in [0.25, 0.3) is 0 Å². The van der Waals surface area contributed by atoms with Gasteiger partial charge in [-0.05, 0) is 52.1 Å². The van der Waals surface area contributed by atoms with Crippen LogP contribution in [0.2, 0.25) is 51.4 Å².